The Labute approximate surface area is 169 Å². The Morgan fingerprint density at radius 2 is 1.96 bits per heavy atom. The van der Waals surface area contributed by atoms with Gasteiger partial charge in [-0.2, -0.15) is 0 Å². The molecule has 2 heterocycles. The number of ether oxygens (including phenoxy) is 2. The molecule has 1 aliphatic rings. The molecule has 146 valence electrons. The average molecular weight is 399 g/mol. The van der Waals surface area contributed by atoms with E-state index in [2.05, 4.69) is 16.4 Å². The summed E-state index contributed by atoms with van der Waals surface area (Å²) < 4.78 is 10.2. The number of hydrogen-bond acceptors (Lipinski definition) is 4. The topological polar surface area (TPSA) is 63.4 Å². The maximum absolute atomic E-state index is 11.4. The lowest BCUT2D eigenvalue weighted by atomic mass is 10.1. The molecule has 2 N–H and O–H groups in total. The van der Waals surface area contributed by atoms with Gasteiger partial charge < -0.3 is 19.8 Å². The third-order valence-electron chi connectivity index (χ3n) is 5.12. The highest BCUT2D eigenvalue weighted by molar-refractivity contribution is 6.32. The summed E-state index contributed by atoms with van der Waals surface area (Å²) in [6, 6.07) is 14.4. The molecule has 4 rings (SSSR count). The number of aromatic nitrogens is 1. The smallest absolute Gasteiger partial charge is 0.309 e. The summed E-state index contributed by atoms with van der Waals surface area (Å²) in [5.74, 6) is -0.239. The van der Waals surface area contributed by atoms with Crippen molar-refractivity contribution in [3.05, 3.63) is 53.1 Å². The molecule has 2 aromatic carbocycles. The van der Waals surface area contributed by atoms with Crippen molar-refractivity contribution in [2.24, 2.45) is 0 Å². The van der Waals surface area contributed by atoms with E-state index in [9.17, 15) is 4.79 Å². The molecule has 0 radical (unpaired) electrons. The number of hydrogen-bond donors (Lipinski definition) is 2. The number of H-pyrrole nitrogens is 1. The molecule has 28 heavy (non-hydrogen) atoms. The predicted molar refractivity (Wildman–Crippen MR) is 112 cm³/mol. The third-order valence-corrected chi connectivity index (χ3v) is 5.33. The summed E-state index contributed by atoms with van der Waals surface area (Å²) in [7, 11) is 1.40. The first-order valence-electron chi connectivity index (χ1n) is 9.45. The summed E-state index contributed by atoms with van der Waals surface area (Å²) >= 11 is 6.36. The first kappa shape index (κ1) is 18.8. The molecule has 1 saturated heterocycles. The van der Waals surface area contributed by atoms with E-state index in [1.54, 1.807) is 0 Å². The Kier molecular flexibility index (Phi) is 5.55. The van der Waals surface area contributed by atoms with Gasteiger partial charge in [0.25, 0.3) is 0 Å². The normalized spacial score (nSPS) is 14.9. The molecule has 6 heteroatoms. The molecule has 5 nitrogen and oxygen atoms in total. The van der Waals surface area contributed by atoms with Gasteiger partial charge in [0.2, 0.25) is 0 Å². The molecule has 1 aromatic heterocycles. The van der Waals surface area contributed by atoms with Gasteiger partial charge in [-0.15, -0.1) is 0 Å². The molecule has 0 saturated carbocycles. The fraction of sp³-hybridized carbons (Fsp3) is 0.318. The molecule has 0 amide bonds. The number of benzene rings is 2. The summed E-state index contributed by atoms with van der Waals surface area (Å²) in [5.41, 5.74) is 5.05. The van der Waals surface area contributed by atoms with Crippen molar-refractivity contribution in [3.8, 4) is 11.3 Å². The maximum Gasteiger partial charge on any atom is 0.309 e. The molecule has 0 atom stereocenters. The quantitative estimate of drug-likeness (QED) is 0.606. The zero-order valence-electron chi connectivity index (χ0n) is 15.8. The molecule has 1 fully saturated rings. The molecule has 0 aliphatic carbocycles. The molecular weight excluding hydrogens is 376 g/mol. The number of carbonyl (C=O) groups excluding carboxylic acids is 1. The zero-order valence-corrected chi connectivity index (χ0v) is 16.5. The standard InChI is InChI=1S/C22H23ClN2O3/c1-27-21(26)10-14-2-4-15(5-3-14)19-12-16-11-17(23)13-20(22(16)25-19)24-18-6-8-28-9-7-18/h2-5,11-13,18,24-25H,6-10H2,1H3. The Morgan fingerprint density at radius 1 is 1.21 bits per heavy atom. The van der Waals surface area contributed by atoms with Crippen molar-refractivity contribution in [2.45, 2.75) is 25.3 Å². The van der Waals surface area contributed by atoms with Gasteiger partial charge in [0.1, 0.15) is 0 Å². The number of fused-ring (bicyclic) bond motifs is 1. The minimum absolute atomic E-state index is 0.239. The van der Waals surface area contributed by atoms with E-state index in [0.29, 0.717) is 11.1 Å². The first-order chi connectivity index (χ1) is 13.6. The van der Waals surface area contributed by atoms with Crippen molar-refractivity contribution in [1.82, 2.24) is 4.98 Å². The van der Waals surface area contributed by atoms with Crippen molar-refractivity contribution >= 4 is 34.2 Å². The highest BCUT2D eigenvalue weighted by Gasteiger charge is 2.16. The van der Waals surface area contributed by atoms with Crippen LogP contribution in [0.3, 0.4) is 0 Å². The molecular formula is C22H23ClN2O3. The summed E-state index contributed by atoms with van der Waals surface area (Å²) in [6.45, 7) is 1.57. The van der Waals surface area contributed by atoms with Crippen molar-refractivity contribution in [1.29, 1.82) is 0 Å². The SMILES string of the molecule is COC(=O)Cc1ccc(-c2cc3cc(Cl)cc(NC4CCOCC4)c3[nH]2)cc1. The number of nitrogens with one attached hydrogen (secondary N) is 2. The van der Waals surface area contributed by atoms with Gasteiger partial charge in [0.15, 0.2) is 0 Å². The van der Waals surface area contributed by atoms with Crippen LogP contribution in [0.15, 0.2) is 42.5 Å². The van der Waals surface area contributed by atoms with Crippen LogP contribution >= 0.6 is 11.6 Å². The number of carbonyl (C=O) groups is 1. The second-order valence-electron chi connectivity index (χ2n) is 7.08. The minimum atomic E-state index is -0.239. The van der Waals surface area contributed by atoms with E-state index < -0.39 is 0 Å². The fourth-order valence-electron chi connectivity index (χ4n) is 3.58. The highest BCUT2D eigenvalue weighted by Crippen LogP contribution is 2.33. The number of anilines is 1. The van der Waals surface area contributed by atoms with Crippen LogP contribution in [0.4, 0.5) is 5.69 Å². The Bertz CT molecular complexity index is 975. The van der Waals surface area contributed by atoms with Crippen LogP contribution in [-0.4, -0.2) is 37.3 Å². The van der Waals surface area contributed by atoms with Crippen LogP contribution in [0.1, 0.15) is 18.4 Å². The Balaban J connectivity index is 1.61. The monoisotopic (exact) mass is 398 g/mol. The summed E-state index contributed by atoms with van der Waals surface area (Å²) in [5, 5.41) is 5.39. The van der Waals surface area contributed by atoms with Gasteiger partial charge in [-0.25, -0.2) is 0 Å². The minimum Gasteiger partial charge on any atom is -0.469 e. The van der Waals surface area contributed by atoms with Gasteiger partial charge in [0.05, 0.1) is 24.7 Å². The molecule has 3 aromatic rings. The van der Waals surface area contributed by atoms with E-state index in [0.717, 1.165) is 59.5 Å². The maximum atomic E-state index is 11.4. The lowest BCUT2D eigenvalue weighted by Gasteiger charge is -2.24. The average Bonchev–Trinajstić information content (AvgIpc) is 3.13. The van der Waals surface area contributed by atoms with Gasteiger partial charge in [0, 0.05) is 35.4 Å². The van der Waals surface area contributed by atoms with E-state index in [1.807, 2.05) is 36.4 Å². The predicted octanol–water partition coefficient (Wildman–Crippen LogP) is 4.79. The second-order valence-corrected chi connectivity index (χ2v) is 7.52. The Morgan fingerprint density at radius 3 is 2.68 bits per heavy atom. The van der Waals surface area contributed by atoms with Gasteiger partial charge in [-0.3, -0.25) is 4.79 Å². The van der Waals surface area contributed by atoms with Crippen LogP contribution in [0, 0.1) is 0 Å². The van der Waals surface area contributed by atoms with Crippen LogP contribution in [-0.2, 0) is 20.7 Å². The largest absolute Gasteiger partial charge is 0.469 e. The van der Waals surface area contributed by atoms with Crippen molar-refractivity contribution < 1.29 is 14.3 Å². The number of rotatable bonds is 5. The first-order valence-corrected chi connectivity index (χ1v) is 9.83. The summed E-state index contributed by atoms with van der Waals surface area (Å²) in [6.07, 6.45) is 2.25. The number of halogens is 1. The van der Waals surface area contributed by atoms with E-state index >= 15 is 0 Å². The fourth-order valence-corrected chi connectivity index (χ4v) is 3.81. The number of methoxy groups -OCH3 is 1. The van der Waals surface area contributed by atoms with Crippen molar-refractivity contribution in [2.75, 3.05) is 25.6 Å². The highest BCUT2D eigenvalue weighted by atomic mass is 35.5. The lowest BCUT2D eigenvalue weighted by Crippen LogP contribution is -2.27. The summed E-state index contributed by atoms with van der Waals surface area (Å²) in [4.78, 5) is 15.0. The van der Waals surface area contributed by atoms with E-state index in [1.165, 1.54) is 7.11 Å². The van der Waals surface area contributed by atoms with Crippen LogP contribution in [0.25, 0.3) is 22.2 Å². The van der Waals surface area contributed by atoms with E-state index in [4.69, 9.17) is 21.1 Å². The molecule has 1 aliphatic heterocycles. The van der Waals surface area contributed by atoms with E-state index in [-0.39, 0.29) is 12.4 Å². The number of aromatic amines is 1. The Hall–Kier alpha value is -2.50. The van der Waals surface area contributed by atoms with Crippen LogP contribution < -0.4 is 5.32 Å². The second kappa shape index (κ2) is 8.25. The van der Waals surface area contributed by atoms with Crippen molar-refractivity contribution in [3.63, 3.8) is 0 Å². The van der Waals surface area contributed by atoms with Crippen LogP contribution in [0.2, 0.25) is 5.02 Å². The van der Waals surface area contributed by atoms with Gasteiger partial charge >= 0.3 is 5.97 Å². The van der Waals surface area contributed by atoms with Crippen LogP contribution in [0.5, 0.6) is 0 Å². The third kappa shape index (κ3) is 4.16. The molecule has 0 spiro atoms. The molecule has 0 unspecified atom stereocenters. The zero-order chi connectivity index (χ0) is 19.5. The molecule has 0 bridgehead atoms. The van der Waals surface area contributed by atoms with Gasteiger partial charge in [-0.1, -0.05) is 35.9 Å². The van der Waals surface area contributed by atoms with Gasteiger partial charge in [-0.05, 0) is 42.2 Å². The number of esters is 1. The lowest BCUT2D eigenvalue weighted by molar-refractivity contribution is -0.139.